The van der Waals surface area contributed by atoms with Gasteiger partial charge < -0.3 is 4.90 Å². The van der Waals surface area contributed by atoms with Gasteiger partial charge in [-0.2, -0.15) is 0 Å². The van der Waals surface area contributed by atoms with E-state index in [-0.39, 0.29) is 22.9 Å². The van der Waals surface area contributed by atoms with E-state index in [1.807, 2.05) is 4.90 Å². The second kappa shape index (κ2) is 3.42. The lowest BCUT2D eigenvalue weighted by Gasteiger charge is -2.38. The van der Waals surface area contributed by atoms with Crippen LogP contribution in [0, 0.1) is 5.41 Å². The Morgan fingerprint density at radius 3 is 2.62 bits per heavy atom. The smallest absolute Gasteiger partial charge is 0.235 e. The van der Waals surface area contributed by atoms with Gasteiger partial charge in [-0.15, -0.1) is 0 Å². The lowest BCUT2D eigenvalue weighted by Crippen LogP contribution is -2.39. The Balaban J connectivity index is 2.17. The summed E-state index contributed by atoms with van der Waals surface area (Å²) in [6.07, 6.45) is 4.41. The maximum Gasteiger partial charge on any atom is 0.235 e. The predicted octanol–water partition coefficient (Wildman–Crippen LogP) is 1.50. The number of carbonyl (C=O) groups excluding carboxylic acids is 2. The molecule has 1 saturated heterocycles. The van der Waals surface area contributed by atoms with E-state index in [9.17, 15) is 9.59 Å². The van der Waals surface area contributed by atoms with Gasteiger partial charge in [0.05, 0.1) is 11.6 Å². The van der Waals surface area contributed by atoms with E-state index in [1.54, 1.807) is 13.0 Å². The van der Waals surface area contributed by atoms with Gasteiger partial charge in [0.15, 0.2) is 0 Å². The summed E-state index contributed by atoms with van der Waals surface area (Å²) in [5.74, 6) is 0.131. The topological polar surface area (TPSA) is 49.5 Å². The third-order valence-electron chi connectivity index (χ3n) is 3.75. The van der Waals surface area contributed by atoms with Gasteiger partial charge in [-0.1, -0.05) is 13.8 Å². The molecule has 2 atom stereocenters. The van der Waals surface area contributed by atoms with Gasteiger partial charge in [-0.25, -0.2) is 9.79 Å². The molecule has 4 heteroatoms. The molecule has 4 nitrogen and oxygen atoms in total. The maximum absolute atomic E-state index is 11.4. The average Bonchev–Trinajstić information content (AvgIpc) is 2.75. The number of hydrogen-bond donors (Lipinski definition) is 0. The first kappa shape index (κ1) is 11.3. The van der Waals surface area contributed by atoms with Gasteiger partial charge in [-0.3, -0.25) is 4.79 Å². The molecule has 1 saturated carbocycles. The van der Waals surface area contributed by atoms with Gasteiger partial charge in [0.1, 0.15) is 0 Å². The van der Waals surface area contributed by atoms with Crippen LogP contribution in [-0.2, 0) is 9.59 Å². The molecule has 2 aliphatic rings. The average molecular weight is 222 g/mol. The van der Waals surface area contributed by atoms with Crippen molar-refractivity contribution in [3.63, 3.8) is 0 Å². The molecule has 2 fully saturated rings. The molecule has 0 aromatic heterocycles. The Bertz CT molecular complexity index is 371. The van der Waals surface area contributed by atoms with Crippen molar-refractivity contribution >= 4 is 12.0 Å². The molecule has 0 bridgehead atoms. The molecule has 16 heavy (non-hydrogen) atoms. The summed E-state index contributed by atoms with van der Waals surface area (Å²) in [4.78, 5) is 27.5. The molecule has 2 unspecified atom stereocenters. The maximum atomic E-state index is 11.4. The molecule has 88 valence electrons. The summed E-state index contributed by atoms with van der Waals surface area (Å²) in [7, 11) is 0. The fourth-order valence-corrected chi connectivity index (χ4v) is 3.38. The zero-order valence-electron chi connectivity index (χ0n) is 10.1. The van der Waals surface area contributed by atoms with E-state index in [1.165, 1.54) is 0 Å². The van der Waals surface area contributed by atoms with Crippen LogP contribution >= 0.6 is 0 Å². The van der Waals surface area contributed by atoms with Gasteiger partial charge in [0.25, 0.3) is 0 Å². The number of nitrogens with zero attached hydrogens (tertiary/aromatic N) is 2. The Labute approximate surface area is 95.7 Å². The fraction of sp³-hybridized carbons (Fsp3) is 0.833. The Morgan fingerprint density at radius 1 is 1.44 bits per heavy atom. The van der Waals surface area contributed by atoms with Crippen molar-refractivity contribution in [1.29, 1.82) is 0 Å². The molecule has 0 N–H and O–H groups in total. The minimum Gasteiger partial charge on any atom is -0.333 e. The summed E-state index contributed by atoms with van der Waals surface area (Å²) < 4.78 is 0. The van der Waals surface area contributed by atoms with Crippen LogP contribution in [0.5, 0.6) is 0 Å². The van der Waals surface area contributed by atoms with Crippen molar-refractivity contribution in [2.75, 3.05) is 6.54 Å². The Hall–Kier alpha value is -1.15. The normalized spacial score (nSPS) is 35.7. The van der Waals surface area contributed by atoms with E-state index >= 15 is 0 Å². The lowest BCUT2D eigenvalue weighted by molar-refractivity contribution is -0.125. The SMILES string of the molecule is CC(=O)N1CC12CC(N=C=O)CC(C)(C)C2. The molecule has 0 aromatic rings. The number of rotatable bonds is 1. The van der Waals surface area contributed by atoms with E-state index in [4.69, 9.17) is 0 Å². The number of hydrogen-bond acceptors (Lipinski definition) is 3. The van der Waals surface area contributed by atoms with Crippen LogP contribution < -0.4 is 0 Å². The van der Waals surface area contributed by atoms with Crippen molar-refractivity contribution in [2.45, 2.75) is 51.6 Å². The van der Waals surface area contributed by atoms with Gasteiger partial charge in [-0.05, 0) is 24.7 Å². The highest BCUT2D eigenvalue weighted by atomic mass is 16.2. The molecule has 2 rings (SSSR count). The molecule has 0 aromatic carbocycles. The van der Waals surface area contributed by atoms with Crippen LogP contribution in [-0.4, -0.2) is 35.0 Å². The van der Waals surface area contributed by atoms with Crippen LogP contribution in [0.1, 0.15) is 40.0 Å². The highest BCUT2D eigenvalue weighted by Crippen LogP contribution is 2.52. The van der Waals surface area contributed by atoms with Crippen molar-refractivity contribution in [1.82, 2.24) is 4.90 Å². The van der Waals surface area contributed by atoms with Gasteiger partial charge >= 0.3 is 0 Å². The second-order valence-corrected chi connectivity index (χ2v) is 5.95. The summed E-state index contributed by atoms with van der Waals surface area (Å²) in [5, 5.41) is 0. The van der Waals surface area contributed by atoms with E-state index in [0.717, 1.165) is 25.8 Å². The Morgan fingerprint density at radius 2 is 2.12 bits per heavy atom. The summed E-state index contributed by atoms with van der Waals surface area (Å²) in [6.45, 7) is 6.79. The molecule has 1 amide bonds. The molecular formula is C12H18N2O2. The van der Waals surface area contributed by atoms with Crippen LogP contribution in [0.4, 0.5) is 0 Å². The molecular weight excluding hydrogens is 204 g/mol. The van der Waals surface area contributed by atoms with Crippen molar-refractivity contribution < 1.29 is 9.59 Å². The number of amides is 1. The summed E-state index contributed by atoms with van der Waals surface area (Å²) >= 11 is 0. The van der Waals surface area contributed by atoms with Gasteiger partial charge in [0.2, 0.25) is 12.0 Å². The first-order valence-corrected chi connectivity index (χ1v) is 5.74. The molecule has 1 spiro atoms. The quantitative estimate of drug-likeness (QED) is 0.383. The van der Waals surface area contributed by atoms with Crippen LogP contribution in [0.3, 0.4) is 0 Å². The third kappa shape index (κ3) is 1.90. The molecule has 1 aliphatic heterocycles. The van der Waals surface area contributed by atoms with Crippen molar-refractivity contribution in [3.8, 4) is 0 Å². The predicted molar refractivity (Wildman–Crippen MR) is 59.7 cm³/mol. The standard InChI is InChI=1S/C12H18N2O2/c1-9(16)14-7-12(14)5-10(13-8-15)4-11(2,3)6-12/h10H,4-7H2,1-3H3. The lowest BCUT2D eigenvalue weighted by atomic mass is 9.69. The number of isocyanates is 1. The van der Waals surface area contributed by atoms with Crippen LogP contribution in [0.2, 0.25) is 0 Å². The molecule has 1 aliphatic carbocycles. The first-order valence-electron chi connectivity index (χ1n) is 5.74. The highest BCUT2D eigenvalue weighted by molar-refractivity contribution is 5.77. The van der Waals surface area contributed by atoms with E-state index in [2.05, 4.69) is 18.8 Å². The monoisotopic (exact) mass is 222 g/mol. The number of carbonyl (C=O) groups is 1. The largest absolute Gasteiger partial charge is 0.333 e. The molecule has 1 heterocycles. The zero-order valence-corrected chi connectivity index (χ0v) is 10.1. The van der Waals surface area contributed by atoms with E-state index in [0.29, 0.717) is 0 Å². The van der Waals surface area contributed by atoms with E-state index < -0.39 is 0 Å². The van der Waals surface area contributed by atoms with Gasteiger partial charge in [0, 0.05) is 13.5 Å². The minimum atomic E-state index is -0.0153. The van der Waals surface area contributed by atoms with Crippen molar-refractivity contribution in [2.24, 2.45) is 10.4 Å². The Kier molecular flexibility index (Phi) is 2.43. The second-order valence-electron chi connectivity index (χ2n) is 5.95. The summed E-state index contributed by atoms with van der Waals surface area (Å²) in [5.41, 5.74) is 0.131. The summed E-state index contributed by atoms with van der Waals surface area (Å²) in [6, 6.07) is 0.0330. The molecule has 0 radical (unpaired) electrons. The third-order valence-corrected chi connectivity index (χ3v) is 3.75. The minimum absolute atomic E-state index is 0.0153. The number of aliphatic imine (C=N–C) groups is 1. The highest BCUT2D eigenvalue weighted by Gasteiger charge is 2.59. The first-order chi connectivity index (χ1) is 7.38. The van der Waals surface area contributed by atoms with Crippen LogP contribution in [0.25, 0.3) is 0 Å². The van der Waals surface area contributed by atoms with Crippen LogP contribution in [0.15, 0.2) is 4.99 Å². The zero-order chi connectivity index (χ0) is 12.0. The van der Waals surface area contributed by atoms with Crippen molar-refractivity contribution in [3.05, 3.63) is 0 Å². The fourth-order valence-electron chi connectivity index (χ4n) is 3.38.